The van der Waals surface area contributed by atoms with Gasteiger partial charge in [0, 0.05) is 4.47 Å². The summed E-state index contributed by atoms with van der Waals surface area (Å²) >= 11 is 6.94. The lowest BCUT2D eigenvalue weighted by molar-refractivity contribution is -0.122. The van der Waals surface area contributed by atoms with Crippen molar-refractivity contribution in [2.45, 2.75) is 27.4 Å². The maximum Gasteiger partial charge on any atom is 0.335 e. The molecule has 4 amide bonds. The van der Waals surface area contributed by atoms with Crippen molar-refractivity contribution in [3.63, 3.8) is 0 Å². The zero-order valence-electron chi connectivity index (χ0n) is 20.4. The van der Waals surface area contributed by atoms with E-state index < -0.39 is 17.8 Å². The predicted molar refractivity (Wildman–Crippen MR) is 149 cm³/mol. The van der Waals surface area contributed by atoms with Gasteiger partial charge in [0.15, 0.2) is 11.5 Å². The average Bonchev–Trinajstić information content (AvgIpc) is 2.84. The second-order valence-corrected chi connectivity index (χ2v) is 10.1. The number of benzene rings is 3. The van der Waals surface area contributed by atoms with Crippen LogP contribution < -0.4 is 19.7 Å². The maximum atomic E-state index is 13.3. The minimum Gasteiger partial charge on any atom is -0.490 e. The van der Waals surface area contributed by atoms with Crippen molar-refractivity contribution in [2.75, 3.05) is 11.5 Å². The monoisotopic (exact) mass is 626 g/mol. The number of anilines is 1. The fraction of sp³-hybridized carbons (Fsp3) is 0.179. The van der Waals surface area contributed by atoms with Gasteiger partial charge in [-0.3, -0.25) is 14.9 Å². The molecule has 0 aliphatic carbocycles. The maximum absolute atomic E-state index is 13.3. The van der Waals surface area contributed by atoms with Gasteiger partial charge in [-0.15, -0.1) is 0 Å². The number of ether oxygens (including phenoxy) is 2. The fourth-order valence-electron chi connectivity index (χ4n) is 3.74. The summed E-state index contributed by atoms with van der Waals surface area (Å²) in [7, 11) is 0. The number of aryl methyl sites for hydroxylation is 2. The van der Waals surface area contributed by atoms with E-state index >= 15 is 0 Å². The number of nitrogens with zero attached hydrogens (tertiary/aromatic N) is 1. The van der Waals surface area contributed by atoms with Crippen LogP contribution in [0.5, 0.6) is 11.5 Å². The molecule has 0 spiro atoms. The Bertz CT molecular complexity index is 1420. The number of hydrogen-bond acceptors (Lipinski definition) is 5. The summed E-state index contributed by atoms with van der Waals surface area (Å²) in [5.74, 6) is -0.528. The molecule has 4 rings (SSSR count). The van der Waals surface area contributed by atoms with Crippen molar-refractivity contribution >= 4 is 61.5 Å². The highest BCUT2D eigenvalue weighted by Crippen LogP contribution is 2.38. The molecule has 0 unspecified atom stereocenters. The molecule has 1 N–H and O–H groups in total. The number of nitrogens with one attached hydrogen (secondary N) is 1. The minimum atomic E-state index is -0.801. The van der Waals surface area contributed by atoms with Crippen LogP contribution >= 0.6 is 31.9 Å². The molecule has 0 bridgehead atoms. The Balaban J connectivity index is 1.66. The van der Waals surface area contributed by atoms with E-state index in [1.54, 1.807) is 30.3 Å². The Morgan fingerprint density at radius 2 is 1.65 bits per heavy atom. The lowest BCUT2D eigenvalue weighted by Gasteiger charge is -2.26. The molecule has 1 aliphatic rings. The summed E-state index contributed by atoms with van der Waals surface area (Å²) in [4.78, 5) is 39.4. The molecule has 1 saturated heterocycles. The van der Waals surface area contributed by atoms with Gasteiger partial charge >= 0.3 is 6.03 Å². The van der Waals surface area contributed by atoms with Crippen molar-refractivity contribution in [3.8, 4) is 11.5 Å². The van der Waals surface area contributed by atoms with Gasteiger partial charge in [-0.05, 0) is 89.8 Å². The Hall–Kier alpha value is -3.43. The Morgan fingerprint density at radius 3 is 2.32 bits per heavy atom. The largest absolute Gasteiger partial charge is 0.490 e. The van der Waals surface area contributed by atoms with Gasteiger partial charge in [-0.2, -0.15) is 0 Å². The molecule has 3 aromatic rings. The summed E-state index contributed by atoms with van der Waals surface area (Å²) < 4.78 is 13.3. The number of urea groups is 1. The molecule has 9 heteroatoms. The lowest BCUT2D eigenvalue weighted by atomic mass is 10.1. The van der Waals surface area contributed by atoms with Gasteiger partial charge in [-0.1, -0.05) is 45.8 Å². The van der Waals surface area contributed by atoms with Crippen LogP contribution in [0, 0.1) is 13.8 Å². The molecule has 1 aliphatic heterocycles. The Labute approximate surface area is 231 Å². The first-order valence-electron chi connectivity index (χ1n) is 11.5. The SMILES string of the molecule is CCOc1cc(/C=C2\C(=O)NC(=O)N(c3ccc(Br)c(C)c3)C2=O)cc(Br)c1OCc1ccc(C)cc1. The molecular weight excluding hydrogens is 604 g/mol. The second-order valence-electron chi connectivity index (χ2n) is 8.43. The number of carbonyl (C=O) groups is 3. The van der Waals surface area contributed by atoms with Crippen molar-refractivity contribution in [1.82, 2.24) is 5.32 Å². The van der Waals surface area contributed by atoms with Crippen LogP contribution in [0.3, 0.4) is 0 Å². The van der Waals surface area contributed by atoms with E-state index in [0.717, 1.165) is 26.1 Å². The van der Waals surface area contributed by atoms with Gasteiger partial charge in [0.25, 0.3) is 11.8 Å². The standard InChI is InChI=1S/C28H24Br2N2O5/c1-4-36-24-14-19(13-23(30)25(24)37-15-18-7-5-16(2)6-8-18)12-21-26(33)31-28(35)32(27(21)34)20-9-10-22(29)17(3)11-20/h5-14H,4,15H2,1-3H3,(H,31,33,35)/b21-12+. The summed E-state index contributed by atoms with van der Waals surface area (Å²) in [5.41, 5.74) is 3.71. The third kappa shape index (κ3) is 5.94. The molecular formula is C28H24Br2N2O5. The number of rotatable bonds is 7. The number of amides is 4. The highest BCUT2D eigenvalue weighted by Gasteiger charge is 2.37. The fourth-order valence-corrected chi connectivity index (χ4v) is 4.56. The van der Waals surface area contributed by atoms with Gasteiger partial charge in [0.05, 0.1) is 16.8 Å². The molecule has 190 valence electrons. The van der Waals surface area contributed by atoms with Crippen LogP contribution in [0.2, 0.25) is 0 Å². The van der Waals surface area contributed by atoms with E-state index in [4.69, 9.17) is 9.47 Å². The number of barbiturate groups is 1. The number of halogens is 2. The third-order valence-electron chi connectivity index (χ3n) is 5.65. The van der Waals surface area contributed by atoms with E-state index in [-0.39, 0.29) is 5.57 Å². The highest BCUT2D eigenvalue weighted by molar-refractivity contribution is 9.10. The van der Waals surface area contributed by atoms with Crippen LogP contribution in [0.25, 0.3) is 6.08 Å². The molecule has 7 nitrogen and oxygen atoms in total. The van der Waals surface area contributed by atoms with Gasteiger partial charge in [-0.25, -0.2) is 9.69 Å². The van der Waals surface area contributed by atoms with Crippen LogP contribution in [-0.4, -0.2) is 24.5 Å². The van der Waals surface area contributed by atoms with Crippen molar-refractivity contribution in [3.05, 3.63) is 91.4 Å². The van der Waals surface area contributed by atoms with E-state index in [9.17, 15) is 14.4 Å². The van der Waals surface area contributed by atoms with Crippen molar-refractivity contribution < 1.29 is 23.9 Å². The normalized spacial score (nSPS) is 14.7. The van der Waals surface area contributed by atoms with Crippen molar-refractivity contribution in [2.24, 2.45) is 0 Å². The van der Waals surface area contributed by atoms with Crippen LogP contribution in [0.4, 0.5) is 10.5 Å². The number of imide groups is 2. The van der Waals surface area contributed by atoms with Crippen molar-refractivity contribution in [1.29, 1.82) is 0 Å². The quantitative estimate of drug-likeness (QED) is 0.240. The molecule has 0 aromatic heterocycles. The minimum absolute atomic E-state index is 0.178. The lowest BCUT2D eigenvalue weighted by Crippen LogP contribution is -2.54. The van der Waals surface area contributed by atoms with Gasteiger partial charge in [0.2, 0.25) is 0 Å². The summed E-state index contributed by atoms with van der Waals surface area (Å²) in [6.45, 7) is 6.44. The average molecular weight is 628 g/mol. The van der Waals surface area contributed by atoms with Crippen LogP contribution in [0.1, 0.15) is 29.2 Å². The predicted octanol–water partition coefficient (Wildman–Crippen LogP) is 6.47. The second kappa shape index (κ2) is 11.3. The smallest absolute Gasteiger partial charge is 0.335 e. The van der Waals surface area contributed by atoms with E-state index in [1.807, 2.05) is 45.0 Å². The first kappa shape index (κ1) is 26.6. The van der Waals surface area contributed by atoms with Crippen LogP contribution in [-0.2, 0) is 16.2 Å². The summed E-state index contributed by atoms with van der Waals surface area (Å²) in [6.07, 6.45) is 1.43. The molecule has 0 atom stereocenters. The van der Waals surface area contributed by atoms with Gasteiger partial charge in [0.1, 0.15) is 12.2 Å². The number of carbonyl (C=O) groups excluding carboxylic acids is 3. The Kier molecular flexibility index (Phi) is 8.14. The van der Waals surface area contributed by atoms with Crippen LogP contribution in [0.15, 0.2) is 69.1 Å². The van der Waals surface area contributed by atoms with E-state index in [2.05, 4.69) is 37.2 Å². The molecule has 3 aromatic carbocycles. The third-order valence-corrected chi connectivity index (χ3v) is 7.13. The molecule has 1 heterocycles. The zero-order valence-corrected chi connectivity index (χ0v) is 23.6. The molecule has 37 heavy (non-hydrogen) atoms. The Morgan fingerprint density at radius 1 is 0.919 bits per heavy atom. The summed E-state index contributed by atoms with van der Waals surface area (Å²) in [5, 5.41) is 2.25. The van der Waals surface area contributed by atoms with Gasteiger partial charge < -0.3 is 9.47 Å². The van der Waals surface area contributed by atoms with E-state index in [1.165, 1.54) is 6.08 Å². The first-order valence-corrected chi connectivity index (χ1v) is 13.1. The highest BCUT2D eigenvalue weighted by atomic mass is 79.9. The molecule has 0 radical (unpaired) electrons. The number of hydrogen-bond donors (Lipinski definition) is 1. The first-order chi connectivity index (χ1) is 17.7. The molecule has 0 saturated carbocycles. The summed E-state index contributed by atoms with van der Waals surface area (Å²) in [6, 6.07) is 15.7. The van der Waals surface area contributed by atoms with E-state index in [0.29, 0.717) is 40.4 Å². The topological polar surface area (TPSA) is 84.9 Å². The molecule has 1 fully saturated rings. The zero-order chi connectivity index (χ0) is 26.7.